The summed E-state index contributed by atoms with van der Waals surface area (Å²) in [7, 11) is 0. The minimum atomic E-state index is -0.984. The molecule has 1 aromatic rings. The second-order valence-electron chi connectivity index (χ2n) is 3.83. The molecule has 0 radical (unpaired) electrons. The van der Waals surface area contributed by atoms with Gasteiger partial charge < -0.3 is 15.6 Å². The van der Waals surface area contributed by atoms with Crippen molar-refractivity contribution in [2.45, 2.75) is 11.5 Å². The van der Waals surface area contributed by atoms with Gasteiger partial charge in [0.15, 0.2) is 0 Å². The highest BCUT2D eigenvalue weighted by molar-refractivity contribution is 5.76. The molecule has 1 atom stereocenters. The van der Waals surface area contributed by atoms with Gasteiger partial charge in [-0.1, -0.05) is 30.3 Å². The smallest absolute Gasteiger partial charge is 0.321 e. The summed E-state index contributed by atoms with van der Waals surface area (Å²) in [5, 5.41) is 8.96. The molecular formula is C11H13NO3. The Morgan fingerprint density at radius 1 is 1.40 bits per heavy atom. The van der Waals surface area contributed by atoms with E-state index in [2.05, 4.69) is 0 Å². The van der Waals surface area contributed by atoms with Crippen molar-refractivity contribution in [1.82, 2.24) is 0 Å². The highest BCUT2D eigenvalue weighted by atomic mass is 16.5. The maximum Gasteiger partial charge on any atom is 0.321 e. The van der Waals surface area contributed by atoms with Crippen molar-refractivity contribution in [2.75, 3.05) is 13.2 Å². The number of aliphatic carboxylic acids is 1. The van der Waals surface area contributed by atoms with Gasteiger partial charge in [0, 0.05) is 0 Å². The van der Waals surface area contributed by atoms with Crippen molar-refractivity contribution in [3.8, 4) is 0 Å². The van der Waals surface area contributed by atoms with Gasteiger partial charge in [0.2, 0.25) is 0 Å². The Balaban J connectivity index is 2.34. The summed E-state index contributed by atoms with van der Waals surface area (Å²) in [5.41, 5.74) is 6.10. The summed E-state index contributed by atoms with van der Waals surface area (Å²) in [5.74, 6) is -0.984. The van der Waals surface area contributed by atoms with Gasteiger partial charge in [-0.05, 0) is 5.56 Å². The number of benzene rings is 1. The molecule has 0 bridgehead atoms. The molecule has 0 aliphatic carbocycles. The summed E-state index contributed by atoms with van der Waals surface area (Å²) >= 11 is 0. The minimum Gasteiger partial charge on any atom is -0.480 e. The van der Waals surface area contributed by atoms with Gasteiger partial charge in [0.25, 0.3) is 0 Å². The predicted octanol–water partition coefficient (Wildman–Crippen LogP) is 0.366. The van der Waals surface area contributed by atoms with Gasteiger partial charge in [-0.3, -0.25) is 4.79 Å². The number of carboxylic acids is 1. The first kappa shape index (κ1) is 10.1. The molecule has 15 heavy (non-hydrogen) atoms. The Morgan fingerprint density at radius 3 is 2.40 bits per heavy atom. The van der Waals surface area contributed by atoms with E-state index < -0.39 is 17.4 Å². The SMILES string of the molecule is NC(C(=O)O)C1(c2ccccc2)COC1. The quantitative estimate of drug-likeness (QED) is 0.751. The van der Waals surface area contributed by atoms with Crippen LogP contribution in [0.1, 0.15) is 5.56 Å². The Labute approximate surface area is 87.7 Å². The number of rotatable bonds is 3. The lowest BCUT2D eigenvalue weighted by Gasteiger charge is -2.44. The minimum absolute atomic E-state index is 0.379. The molecule has 80 valence electrons. The second kappa shape index (κ2) is 3.64. The van der Waals surface area contributed by atoms with Crippen LogP contribution in [0.4, 0.5) is 0 Å². The van der Waals surface area contributed by atoms with Crippen LogP contribution in [0, 0.1) is 0 Å². The maximum atomic E-state index is 10.9. The van der Waals surface area contributed by atoms with Crippen molar-refractivity contribution in [3.63, 3.8) is 0 Å². The van der Waals surface area contributed by atoms with Gasteiger partial charge in [-0.15, -0.1) is 0 Å². The second-order valence-corrected chi connectivity index (χ2v) is 3.83. The monoisotopic (exact) mass is 207 g/mol. The molecule has 4 heteroatoms. The third kappa shape index (κ3) is 1.52. The zero-order chi connectivity index (χ0) is 10.9. The van der Waals surface area contributed by atoms with Gasteiger partial charge in [0.1, 0.15) is 6.04 Å². The number of carboxylic acid groups (broad SMARTS) is 1. The largest absolute Gasteiger partial charge is 0.480 e. The van der Waals surface area contributed by atoms with Crippen LogP contribution in [0.15, 0.2) is 30.3 Å². The van der Waals surface area contributed by atoms with E-state index in [-0.39, 0.29) is 0 Å². The lowest BCUT2D eigenvalue weighted by Crippen LogP contribution is -2.61. The molecule has 1 saturated heterocycles. The first-order chi connectivity index (χ1) is 7.17. The van der Waals surface area contributed by atoms with Gasteiger partial charge in [-0.25, -0.2) is 0 Å². The zero-order valence-electron chi connectivity index (χ0n) is 8.22. The molecule has 2 rings (SSSR count). The number of carbonyl (C=O) groups is 1. The Kier molecular flexibility index (Phi) is 2.46. The maximum absolute atomic E-state index is 10.9. The summed E-state index contributed by atoms with van der Waals surface area (Å²) in [6.07, 6.45) is 0. The molecule has 1 aromatic carbocycles. The van der Waals surface area contributed by atoms with Gasteiger partial charge >= 0.3 is 5.97 Å². The number of hydrogen-bond acceptors (Lipinski definition) is 3. The van der Waals surface area contributed by atoms with E-state index in [0.717, 1.165) is 5.56 Å². The van der Waals surface area contributed by atoms with Crippen LogP contribution in [0.3, 0.4) is 0 Å². The summed E-state index contributed by atoms with van der Waals surface area (Å²) in [6, 6.07) is 8.53. The molecular weight excluding hydrogens is 194 g/mol. The van der Waals surface area contributed by atoms with Crippen molar-refractivity contribution in [1.29, 1.82) is 0 Å². The highest BCUT2D eigenvalue weighted by Gasteiger charge is 2.48. The Morgan fingerprint density at radius 2 is 2.00 bits per heavy atom. The first-order valence-electron chi connectivity index (χ1n) is 4.78. The van der Waals surface area contributed by atoms with Crippen molar-refractivity contribution >= 4 is 5.97 Å². The fourth-order valence-electron chi connectivity index (χ4n) is 1.85. The standard InChI is InChI=1S/C11H13NO3/c12-9(10(13)14)11(6-15-7-11)8-4-2-1-3-5-8/h1-5,9H,6-7,12H2,(H,13,14). The van der Waals surface area contributed by atoms with Crippen LogP contribution in [-0.4, -0.2) is 30.3 Å². The molecule has 0 spiro atoms. The molecule has 1 unspecified atom stereocenters. The number of ether oxygens (including phenoxy) is 1. The molecule has 1 fully saturated rings. The van der Waals surface area contributed by atoms with E-state index in [9.17, 15) is 4.79 Å². The average Bonchev–Trinajstić information content (AvgIpc) is 2.17. The molecule has 4 nitrogen and oxygen atoms in total. The van der Waals surface area contributed by atoms with Crippen molar-refractivity contribution in [3.05, 3.63) is 35.9 Å². The van der Waals surface area contributed by atoms with Crippen LogP contribution in [0.2, 0.25) is 0 Å². The molecule has 1 aliphatic heterocycles. The summed E-state index contributed by atoms with van der Waals surface area (Å²) in [4.78, 5) is 10.9. The van der Waals surface area contributed by atoms with Crippen LogP contribution >= 0.6 is 0 Å². The number of nitrogens with two attached hydrogens (primary N) is 1. The van der Waals surface area contributed by atoms with Gasteiger partial charge in [0.05, 0.1) is 18.6 Å². The van der Waals surface area contributed by atoms with E-state index >= 15 is 0 Å². The first-order valence-corrected chi connectivity index (χ1v) is 4.78. The Bertz CT molecular complexity index is 359. The molecule has 1 heterocycles. The molecule has 3 N–H and O–H groups in total. The summed E-state index contributed by atoms with van der Waals surface area (Å²) in [6.45, 7) is 0.759. The predicted molar refractivity (Wildman–Crippen MR) is 54.6 cm³/mol. The highest BCUT2D eigenvalue weighted by Crippen LogP contribution is 2.34. The van der Waals surface area contributed by atoms with E-state index in [0.29, 0.717) is 13.2 Å². The summed E-state index contributed by atoms with van der Waals surface area (Å²) < 4.78 is 5.12. The lowest BCUT2D eigenvalue weighted by atomic mass is 9.73. The van der Waals surface area contributed by atoms with Crippen LogP contribution in [0.5, 0.6) is 0 Å². The Hall–Kier alpha value is -1.39. The fourth-order valence-corrected chi connectivity index (χ4v) is 1.85. The fraction of sp³-hybridized carbons (Fsp3) is 0.364. The topological polar surface area (TPSA) is 72.6 Å². The van der Waals surface area contributed by atoms with Gasteiger partial charge in [-0.2, -0.15) is 0 Å². The van der Waals surface area contributed by atoms with E-state index in [1.165, 1.54) is 0 Å². The molecule has 0 saturated carbocycles. The third-order valence-corrected chi connectivity index (χ3v) is 2.93. The molecule has 1 aliphatic rings. The lowest BCUT2D eigenvalue weighted by molar-refractivity contribution is -0.148. The number of hydrogen-bond donors (Lipinski definition) is 2. The van der Waals surface area contributed by atoms with E-state index in [4.69, 9.17) is 15.6 Å². The van der Waals surface area contributed by atoms with Crippen LogP contribution < -0.4 is 5.73 Å². The van der Waals surface area contributed by atoms with Crippen molar-refractivity contribution in [2.24, 2.45) is 5.73 Å². The van der Waals surface area contributed by atoms with E-state index in [1.54, 1.807) is 0 Å². The average molecular weight is 207 g/mol. The zero-order valence-corrected chi connectivity index (χ0v) is 8.22. The van der Waals surface area contributed by atoms with Crippen LogP contribution in [-0.2, 0) is 14.9 Å². The normalized spacial score (nSPS) is 20.3. The molecule has 0 aromatic heterocycles. The van der Waals surface area contributed by atoms with Crippen LogP contribution in [0.25, 0.3) is 0 Å². The molecule has 0 amide bonds. The van der Waals surface area contributed by atoms with Crippen molar-refractivity contribution < 1.29 is 14.6 Å². The third-order valence-electron chi connectivity index (χ3n) is 2.93. The van der Waals surface area contributed by atoms with E-state index in [1.807, 2.05) is 30.3 Å².